The molecule has 22 heavy (non-hydrogen) atoms. The molecule has 0 saturated carbocycles. The molecule has 2 heteroatoms. The van der Waals surface area contributed by atoms with Crippen LogP contribution in [0, 0.1) is 5.41 Å². The molecule has 1 nitrogen and oxygen atoms in total. The van der Waals surface area contributed by atoms with Gasteiger partial charge in [-0.1, -0.05) is 62.3 Å². The van der Waals surface area contributed by atoms with Crippen LogP contribution in [0.4, 0.5) is 0 Å². The Hall–Kier alpha value is -0.630. The average molecular weight is 322 g/mol. The molecule has 0 heterocycles. The van der Waals surface area contributed by atoms with E-state index >= 15 is 0 Å². The van der Waals surface area contributed by atoms with E-state index in [-0.39, 0.29) is 22.3 Å². The van der Waals surface area contributed by atoms with Crippen LogP contribution in [0.2, 0.25) is 0 Å². The maximum atomic E-state index is 12.6. The van der Waals surface area contributed by atoms with Crippen molar-refractivity contribution in [2.45, 2.75) is 90.2 Å². The summed E-state index contributed by atoms with van der Waals surface area (Å²) in [4.78, 5) is 1.24. The highest BCUT2D eigenvalue weighted by Gasteiger charge is 2.27. The van der Waals surface area contributed by atoms with Crippen LogP contribution in [0.3, 0.4) is 0 Å². The summed E-state index contributed by atoms with van der Waals surface area (Å²) in [7, 11) is 0. The number of rotatable bonds is 5. The van der Waals surface area contributed by atoms with Crippen molar-refractivity contribution in [2.24, 2.45) is 5.41 Å². The molecule has 0 atom stereocenters. The van der Waals surface area contributed by atoms with Crippen LogP contribution in [-0.4, -0.2) is 4.75 Å². The quantitative estimate of drug-likeness (QED) is 0.518. The van der Waals surface area contributed by atoms with E-state index in [4.69, 9.17) is 0 Å². The van der Waals surface area contributed by atoms with Gasteiger partial charge >= 0.3 is 0 Å². The molecule has 0 aliphatic carbocycles. The minimum Gasteiger partial charge on any atom is -0.289 e. The Labute approximate surface area is 141 Å². The van der Waals surface area contributed by atoms with E-state index in [1.165, 1.54) is 4.90 Å². The van der Waals surface area contributed by atoms with Gasteiger partial charge < -0.3 is 0 Å². The van der Waals surface area contributed by atoms with Gasteiger partial charge in [0.2, 0.25) is 0 Å². The van der Waals surface area contributed by atoms with Crippen molar-refractivity contribution in [2.75, 3.05) is 0 Å². The van der Waals surface area contributed by atoms with E-state index in [1.54, 1.807) is 0 Å². The standard InChI is InChI=1S/C20H33OS/c1-13(2)16-10-15(11-17(14(3)4)18(16)21)22-20(8,9)12-19(5,6)7/h10-11,13-14H,12H2,1-9H3. The van der Waals surface area contributed by atoms with Gasteiger partial charge in [0, 0.05) is 20.8 Å². The Bertz CT molecular complexity index is 478. The lowest BCUT2D eigenvalue weighted by molar-refractivity contribution is 0.338. The van der Waals surface area contributed by atoms with Crippen LogP contribution in [0.1, 0.15) is 91.7 Å². The number of thioether (sulfide) groups is 1. The van der Waals surface area contributed by atoms with Gasteiger partial charge in [-0.25, -0.2) is 0 Å². The molecule has 125 valence electrons. The summed E-state index contributed by atoms with van der Waals surface area (Å²) in [5.74, 6) is 0.788. The van der Waals surface area contributed by atoms with Crippen LogP contribution in [-0.2, 0) is 5.11 Å². The second-order valence-electron chi connectivity index (χ2n) is 8.84. The highest BCUT2D eigenvalue weighted by atomic mass is 32.2. The zero-order valence-electron chi connectivity index (χ0n) is 15.8. The Morgan fingerprint density at radius 1 is 0.909 bits per heavy atom. The average Bonchev–Trinajstić information content (AvgIpc) is 2.26. The van der Waals surface area contributed by atoms with Crippen molar-refractivity contribution in [3.05, 3.63) is 23.3 Å². The minimum absolute atomic E-state index is 0.158. The molecule has 0 aromatic heterocycles. The Kier molecular flexibility index (Phi) is 6.06. The van der Waals surface area contributed by atoms with Crippen LogP contribution in [0.5, 0.6) is 5.75 Å². The SMILES string of the molecule is CC(C)c1cc(SC(C)(C)CC(C)(C)C)cc(C(C)C)c1[O]. The number of hydrogen-bond donors (Lipinski definition) is 0. The molecule has 0 N–H and O–H groups in total. The fourth-order valence-corrected chi connectivity index (χ4v) is 4.71. The molecule has 0 saturated heterocycles. The van der Waals surface area contributed by atoms with Gasteiger partial charge in [0.25, 0.3) is 0 Å². The first kappa shape index (κ1) is 19.4. The number of benzene rings is 1. The molecule has 1 rings (SSSR count). The van der Waals surface area contributed by atoms with E-state index in [0.29, 0.717) is 5.41 Å². The van der Waals surface area contributed by atoms with Gasteiger partial charge in [-0.15, -0.1) is 11.8 Å². The topological polar surface area (TPSA) is 19.9 Å². The lowest BCUT2D eigenvalue weighted by atomic mass is 9.86. The summed E-state index contributed by atoms with van der Waals surface area (Å²) in [5, 5.41) is 12.6. The first-order valence-electron chi connectivity index (χ1n) is 8.36. The van der Waals surface area contributed by atoms with Gasteiger partial charge in [-0.3, -0.25) is 5.11 Å². The van der Waals surface area contributed by atoms with E-state index in [0.717, 1.165) is 17.5 Å². The van der Waals surface area contributed by atoms with E-state index in [2.05, 4.69) is 74.4 Å². The third-order valence-corrected chi connectivity index (χ3v) is 4.88. The second-order valence-corrected chi connectivity index (χ2v) is 10.6. The fourth-order valence-electron chi connectivity index (χ4n) is 3.19. The number of hydrogen-bond acceptors (Lipinski definition) is 1. The van der Waals surface area contributed by atoms with Gasteiger partial charge in [0.1, 0.15) is 0 Å². The Balaban J connectivity index is 3.20. The highest BCUT2D eigenvalue weighted by molar-refractivity contribution is 8.00. The second kappa shape index (κ2) is 6.86. The molecular formula is C20H33OS. The largest absolute Gasteiger partial charge is 0.289 e. The van der Waals surface area contributed by atoms with Crippen molar-refractivity contribution in [1.29, 1.82) is 0 Å². The third-order valence-electron chi connectivity index (χ3n) is 3.71. The van der Waals surface area contributed by atoms with Crippen LogP contribution in [0.25, 0.3) is 0 Å². The summed E-state index contributed by atoms with van der Waals surface area (Å²) in [5.41, 5.74) is 2.22. The zero-order valence-corrected chi connectivity index (χ0v) is 16.6. The minimum atomic E-state index is 0.158. The summed E-state index contributed by atoms with van der Waals surface area (Å²) in [6, 6.07) is 4.24. The molecule has 0 amide bonds. The van der Waals surface area contributed by atoms with E-state index < -0.39 is 0 Å². The summed E-state index contributed by atoms with van der Waals surface area (Å²) in [6.07, 6.45) is 1.14. The molecule has 0 spiro atoms. The predicted octanol–water partition coefficient (Wildman–Crippen LogP) is 7.38. The molecular weight excluding hydrogens is 288 g/mol. The van der Waals surface area contributed by atoms with Crippen molar-refractivity contribution in [1.82, 2.24) is 0 Å². The van der Waals surface area contributed by atoms with Crippen LogP contribution >= 0.6 is 11.8 Å². The summed E-state index contributed by atoms with van der Waals surface area (Å²) in [6.45, 7) is 19.9. The first-order valence-corrected chi connectivity index (χ1v) is 9.18. The Morgan fingerprint density at radius 2 is 1.32 bits per heavy atom. The third kappa shape index (κ3) is 5.53. The van der Waals surface area contributed by atoms with Gasteiger partial charge in [-0.2, -0.15) is 0 Å². The van der Waals surface area contributed by atoms with E-state index in [1.807, 2.05) is 11.8 Å². The zero-order chi connectivity index (χ0) is 17.3. The van der Waals surface area contributed by atoms with Crippen LogP contribution in [0.15, 0.2) is 17.0 Å². The van der Waals surface area contributed by atoms with Crippen LogP contribution < -0.4 is 0 Å². The van der Waals surface area contributed by atoms with Crippen molar-refractivity contribution in [3.63, 3.8) is 0 Å². The molecule has 0 aliphatic heterocycles. The highest BCUT2D eigenvalue weighted by Crippen LogP contribution is 2.44. The van der Waals surface area contributed by atoms with Gasteiger partial charge in [0.05, 0.1) is 0 Å². The molecule has 0 bridgehead atoms. The van der Waals surface area contributed by atoms with E-state index in [9.17, 15) is 5.11 Å². The monoisotopic (exact) mass is 321 g/mol. The predicted molar refractivity (Wildman–Crippen MR) is 98.8 cm³/mol. The Morgan fingerprint density at radius 3 is 1.64 bits per heavy atom. The molecule has 1 radical (unpaired) electrons. The first-order chi connectivity index (χ1) is 9.82. The lowest BCUT2D eigenvalue weighted by Crippen LogP contribution is -2.23. The molecule has 1 aromatic rings. The lowest BCUT2D eigenvalue weighted by Gasteiger charge is -2.32. The molecule has 0 aliphatic rings. The smallest absolute Gasteiger partial charge is 0.185 e. The molecule has 0 fully saturated rings. The maximum Gasteiger partial charge on any atom is 0.185 e. The van der Waals surface area contributed by atoms with Crippen molar-refractivity contribution >= 4 is 11.8 Å². The molecule has 1 aromatic carbocycles. The van der Waals surface area contributed by atoms with Gasteiger partial charge in [0.15, 0.2) is 5.75 Å². The van der Waals surface area contributed by atoms with Crippen molar-refractivity contribution in [3.8, 4) is 5.75 Å². The molecule has 0 unspecified atom stereocenters. The maximum absolute atomic E-state index is 12.6. The van der Waals surface area contributed by atoms with Gasteiger partial charge in [-0.05, 0) is 35.8 Å². The van der Waals surface area contributed by atoms with Crippen molar-refractivity contribution < 1.29 is 5.11 Å². The normalized spacial score (nSPS) is 13.2. The summed E-state index contributed by atoms with van der Waals surface area (Å²) >= 11 is 1.91. The fraction of sp³-hybridized carbons (Fsp3) is 0.700. The summed E-state index contributed by atoms with van der Waals surface area (Å²) < 4.78 is 0.158.